The normalized spacial score (nSPS) is 13.4. The average Bonchev–Trinajstić information content (AvgIpc) is 4.02. The predicted molar refractivity (Wildman–Crippen MR) is 249 cm³/mol. The van der Waals surface area contributed by atoms with Gasteiger partial charge in [0, 0.05) is 69.6 Å². The molecule has 1 aliphatic rings. The number of hydrogen-bond acceptors (Lipinski definition) is 4. The van der Waals surface area contributed by atoms with E-state index in [1.807, 2.05) is 17.4 Å². The number of nitrogens with zero attached hydrogens (tertiary/aromatic N) is 1. The summed E-state index contributed by atoms with van der Waals surface area (Å²) in [7, 11) is 0. The lowest BCUT2D eigenvalue weighted by molar-refractivity contribution is 0.660. The van der Waals surface area contributed by atoms with Gasteiger partial charge in [-0.15, -0.1) is 11.3 Å². The molecular weight excluding hydrogens is 739 g/mol. The van der Waals surface area contributed by atoms with Crippen molar-refractivity contribution in [3.05, 3.63) is 187 Å². The van der Waals surface area contributed by atoms with Crippen LogP contribution in [0.4, 0.5) is 17.1 Å². The van der Waals surface area contributed by atoms with Crippen LogP contribution in [-0.4, -0.2) is 0 Å². The highest BCUT2D eigenvalue weighted by Gasteiger charge is 2.36. The van der Waals surface area contributed by atoms with E-state index in [0.29, 0.717) is 0 Å². The van der Waals surface area contributed by atoms with Crippen molar-refractivity contribution in [2.45, 2.75) is 19.3 Å². The first-order valence-corrected chi connectivity index (χ1v) is 21.1. The minimum Gasteiger partial charge on any atom is -0.455 e. The van der Waals surface area contributed by atoms with Crippen LogP contribution < -0.4 is 4.90 Å². The summed E-state index contributed by atoms with van der Waals surface area (Å²) in [6, 6.07) is 63.8. The van der Waals surface area contributed by atoms with E-state index in [9.17, 15) is 0 Å². The van der Waals surface area contributed by atoms with E-state index in [1.165, 1.54) is 58.8 Å². The first kappa shape index (κ1) is 32.9. The highest BCUT2D eigenvalue weighted by atomic mass is 32.1. The first-order valence-electron chi connectivity index (χ1n) is 20.2. The van der Waals surface area contributed by atoms with Gasteiger partial charge in [-0.05, 0) is 87.6 Å². The molecule has 59 heavy (non-hydrogen) atoms. The Hall–Kier alpha value is -7.14. The number of para-hydroxylation sites is 2. The highest BCUT2D eigenvalue weighted by Crippen LogP contribution is 2.52. The van der Waals surface area contributed by atoms with Crippen molar-refractivity contribution in [2.75, 3.05) is 4.90 Å². The van der Waals surface area contributed by atoms with E-state index >= 15 is 0 Å². The van der Waals surface area contributed by atoms with Crippen LogP contribution in [0.5, 0.6) is 0 Å². The van der Waals surface area contributed by atoms with Gasteiger partial charge in [0.1, 0.15) is 16.7 Å². The molecule has 0 atom stereocenters. The van der Waals surface area contributed by atoms with Crippen LogP contribution in [0.15, 0.2) is 185 Å². The molecule has 0 saturated heterocycles. The van der Waals surface area contributed by atoms with Gasteiger partial charge in [-0.3, -0.25) is 0 Å². The Morgan fingerprint density at radius 2 is 1.10 bits per heavy atom. The van der Waals surface area contributed by atoms with Crippen molar-refractivity contribution in [1.82, 2.24) is 0 Å². The molecule has 13 rings (SSSR count). The third kappa shape index (κ3) is 4.58. The van der Waals surface area contributed by atoms with Crippen molar-refractivity contribution < 1.29 is 8.83 Å². The maximum absolute atomic E-state index is 7.02. The number of benzene rings is 9. The number of rotatable bonds is 4. The van der Waals surface area contributed by atoms with Gasteiger partial charge in [0.15, 0.2) is 5.58 Å². The average molecular weight is 774 g/mol. The van der Waals surface area contributed by atoms with Crippen molar-refractivity contribution in [3.8, 4) is 22.3 Å². The fourth-order valence-electron chi connectivity index (χ4n) is 10.1. The Morgan fingerprint density at radius 3 is 2.03 bits per heavy atom. The number of furan rings is 2. The van der Waals surface area contributed by atoms with Gasteiger partial charge in [-0.2, -0.15) is 0 Å². The van der Waals surface area contributed by atoms with Crippen LogP contribution in [0.3, 0.4) is 0 Å². The molecule has 0 amide bonds. The van der Waals surface area contributed by atoms with Gasteiger partial charge in [0.05, 0.1) is 5.69 Å². The molecule has 3 nitrogen and oxygen atoms in total. The van der Waals surface area contributed by atoms with Crippen molar-refractivity contribution in [2.24, 2.45) is 0 Å². The number of anilines is 3. The molecule has 0 spiro atoms. The summed E-state index contributed by atoms with van der Waals surface area (Å²) in [5.41, 5.74) is 14.1. The Balaban J connectivity index is 1.08. The molecule has 0 saturated carbocycles. The molecule has 0 fully saturated rings. The second-order valence-electron chi connectivity index (χ2n) is 16.4. The lowest BCUT2D eigenvalue weighted by Crippen LogP contribution is -2.16. The number of fused-ring (bicyclic) bond motifs is 13. The van der Waals surface area contributed by atoms with Crippen LogP contribution in [0.25, 0.3) is 97.1 Å². The zero-order chi connectivity index (χ0) is 39.0. The molecule has 3 heterocycles. The second kappa shape index (κ2) is 12.0. The van der Waals surface area contributed by atoms with Gasteiger partial charge in [-0.1, -0.05) is 135 Å². The standard InChI is InChI=1S/C55H35NO2S/c1-55(2)45-21-8-5-15-36(45)37-27-25-34(31-46(37)55)56(47-22-12-18-40-38-16-6-9-23-48(38)57-52(40)47)33-26-28-49-43(30-33)44-29-32-13-3-4-14-35(32)51(53(44)58-49)42-20-11-19-41-39-17-7-10-24-50(39)59-54(41)42/h3-31H,1-2H3. The largest absolute Gasteiger partial charge is 0.455 e. The Labute approximate surface area is 344 Å². The number of thiophene rings is 1. The van der Waals surface area contributed by atoms with Crippen LogP contribution in [-0.2, 0) is 5.41 Å². The predicted octanol–water partition coefficient (Wildman–Crippen LogP) is 16.4. The van der Waals surface area contributed by atoms with E-state index < -0.39 is 0 Å². The van der Waals surface area contributed by atoms with Gasteiger partial charge < -0.3 is 13.7 Å². The quantitative estimate of drug-likeness (QED) is 0.178. The zero-order valence-corrected chi connectivity index (χ0v) is 33.2. The molecule has 1 aliphatic carbocycles. The molecule has 12 aromatic rings. The third-order valence-electron chi connectivity index (χ3n) is 12.8. The van der Waals surface area contributed by atoms with Crippen molar-refractivity contribution in [1.29, 1.82) is 0 Å². The summed E-state index contributed by atoms with van der Waals surface area (Å²) in [5.74, 6) is 0. The Bertz CT molecular complexity index is 3730. The smallest absolute Gasteiger partial charge is 0.159 e. The van der Waals surface area contributed by atoms with E-state index in [2.05, 4.69) is 189 Å². The summed E-state index contributed by atoms with van der Waals surface area (Å²) in [5, 5.41) is 9.31. The SMILES string of the molecule is CC1(C)c2ccccc2-c2ccc(N(c3ccc4oc5c(-c6cccc7c6sc6ccccc67)c6ccccc6cc5c4c3)c3cccc4c3oc3ccccc34)cc21. The van der Waals surface area contributed by atoms with Gasteiger partial charge in [0.25, 0.3) is 0 Å². The Morgan fingerprint density at radius 1 is 0.441 bits per heavy atom. The minimum absolute atomic E-state index is 0.154. The summed E-state index contributed by atoms with van der Waals surface area (Å²) in [4.78, 5) is 2.38. The van der Waals surface area contributed by atoms with E-state index in [1.54, 1.807) is 0 Å². The van der Waals surface area contributed by atoms with E-state index in [-0.39, 0.29) is 5.41 Å². The van der Waals surface area contributed by atoms with Crippen LogP contribution >= 0.6 is 11.3 Å². The molecule has 9 aromatic carbocycles. The molecule has 3 aromatic heterocycles. The molecule has 4 heteroatoms. The van der Waals surface area contributed by atoms with Crippen LogP contribution in [0.2, 0.25) is 0 Å². The van der Waals surface area contributed by atoms with Gasteiger partial charge >= 0.3 is 0 Å². The molecule has 278 valence electrons. The molecule has 0 unspecified atom stereocenters. The molecule has 0 bridgehead atoms. The topological polar surface area (TPSA) is 29.5 Å². The maximum Gasteiger partial charge on any atom is 0.159 e. The Kier molecular flexibility index (Phi) is 6.66. The fraction of sp³-hybridized carbons (Fsp3) is 0.0545. The monoisotopic (exact) mass is 773 g/mol. The minimum atomic E-state index is -0.154. The first-order chi connectivity index (χ1) is 29.0. The molecule has 0 N–H and O–H groups in total. The summed E-state index contributed by atoms with van der Waals surface area (Å²) < 4.78 is 16.3. The lowest BCUT2D eigenvalue weighted by Gasteiger charge is -2.28. The zero-order valence-electron chi connectivity index (χ0n) is 32.4. The maximum atomic E-state index is 7.02. The van der Waals surface area contributed by atoms with Crippen LogP contribution in [0.1, 0.15) is 25.0 Å². The van der Waals surface area contributed by atoms with Crippen molar-refractivity contribution >= 4 is 103 Å². The third-order valence-corrected chi connectivity index (χ3v) is 14.1. The highest BCUT2D eigenvalue weighted by molar-refractivity contribution is 7.26. The van der Waals surface area contributed by atoms with Crippen molar-refractivity contribution in [3.63, 3.8) is 0 Å². The second-order valence-corrected chi connectivity index (χ2v) is 17.5. The van der Waals surface area contributed by atoms with Gasteiger partial charge in [0.2, 0.25) is 0 Å². The van der Waals surface area contributed by atoms with Gasteiger partial charge in [-0.25, -0.2) is 0 Å². The molecule has 0 aliphatic heterocycles. The number of hydrogen-bond donors (Lipinski definition) is 0. The van der Waals surface area contributed by atoms with E-state index in [0.717, 1.165) is 66.5 Å². The molecule has 0 radical (unpaired) electrons. The summed E-state index contributed by atoms with van der Waals surface area (Å²) in [6.07, 6.45) is 0. The lowest BCUT2D eigenvalue weighted by atomic mass is 9.82. The summed E-state index contributed by atoms with van der Waals surface area (Å²) >= 11 is 1.86. The summed E-state index contributed by atoms with van der Waals surface area (Å²) in [6.45, 7) is 4.69. The molecular formula is C55H35NO2S. The van der Waals surface area contributed by atoms with Crippen LogP contribution in [0, 0.1) is 0 Å². The van der Waals surface area contributed by atoms with E-state index in [4.69, 9.17) is 8.83 Å². The fourth-order valence-corrected chi connectivity index (χ4v) is 11.3.